The Balaban J connectivity index is 2.30. The molecule has 3 heteroatoms. The van der Waals surface area contributed by atoms with Crippen LogP contribution < -0.4 is 0 Å². The monoisotopic (exact) mass is 258 g/mol. The van der Waals surface area contributed by atoms with Crippen molar-refractivity contribution in [3.8, 4) is 11.1 Å². The number of rotatable bonds is 3. The molecule has 2 aromatic rings. The van der Waals surface area contributed by atoms with E-state index in [4.69, 9.17) is 4.74 Å². The summed E-state index contributed by atoms with van der Waals surface area (Å²) in [6.45, 7) is 3.99. The first-order valence-electron chi connectivity index (χ1n) is 6.15. The zero-order valence-electron chi connectivity index (χ0n) is 10.9. The first-order chi connectivity index (χ1) is 9.11. The van der Waals surface area contributed by atoms with Gasteiger partial charge in [-0.1, -0.05) is 18.2 Å². The summed E-state index contributed by atoms with van der Waals surface area (Å²) < 4.78 is 18.0. The van der Waals surface area contributed by atoms with Crippen molar-refractivity contribution in [2.75, 3.05) is 6.61 Å². The molecule has 0 saturated carbocycles. The van der Waals surface area contributed by atoms with E-state index in [9.17, 15) is 9.18 Å². The van der Waals surface area contributed by atoms with Crippen LogP contribution in [0.15, 0.2) is 42.5 Å². The second-order valence-electron chi connectivity index (χ2n) is 4.26. The van der Waals surface area contributed by atoms with Gasteiger partial charge in [0.05, 0.1) is 12.2 Å². The molecule has 0 amide bonds. The van der Waals surface area contributed by atoms with E-state index in [1.165, 1.54) is 12.1 Å². The number of hydrogen-bond donors (Lipinski definition) is 0. The molecule has 2 aromatic carbocycles. The number of carbonyl (C=O) groups excluding carboxylic acids is 1. The number of ether oxygens (including phenoxy) is 1. The number of hydrogen-bond acceptors (Lipinski definition) is 2. The molecule has 0 radical (unpaired) electrons. The molecular formula is C16H15FO2. The molecule has 0 aliphatic heterocycles. The van der Waals surface area contributed by atoms with E-state index in [1.54, 1.807) is 25.1 Å². The Morgan fingerprint density at radius 2 is 1.84 bits per heavy atom. The summed E-state index contributed by atoms with van der Waals surface area (Å²) in [5, 5.41) is 0. The molecule has 0 heterocycles. The second-order valence-corrected chi connectivity index (χ2v) is 4.26. The SMILES string of the molecule is CCOC(=O)c1ccc(-c2ccc(F)cc2C)cc1. The van der Waals surface area contributed by atoms with Crippen LogP contribution in [0.5, 0.6) is 0 Å². The van der Waals surface area contributed by atoms with Crippen molar-refractivity contribution in [3.63, 3.8) is 0 Å². The molecule has 2 nitrogen and oxygen atoms in total. The molecule has 0 bridgehead atoms. The minimum Gasteiger partial charge on any atom is -0.462 e. The molecule has 0 aliphatic carbocycles. The zero-order chi connectivity index (χ0) is 13.8. The van der Waals surface area contributed by atoms with E-state index in [0.717, 1.165) is 16.7 Å². The molecule has 2 rings (SSSR count). The van der Waals surface area contributed by atoms with Crippen molar-refractivity contribution in [3.05, 3.63) is 59.4 Å². The number of carbonyl (C=O) groups is 1. The summed E-state index contributed by atoms with van der Waals surface area (Å²) in [6, 6.07) is 11.8. The van der Waals surface area contributed by atoms with Gasteiger partial charge >= 0.3 is 5.97 Å². The van der Waals surface area contributed by atoms with Crippen LogP contribution in [0.1, 0.15) is 22.8 Å². The maximum Gasteiger partial charge on any atom is 0.338 e. The van der Waals surface area contributed by atoms with Gasteiger partial charge in [-0.25, -0.2) is 9.18 Å². The average molecular weight is 258 g/mol. The summed E-state index contributed by atoms with van der Waals surface area (Å²) in [5.41, 5.74) is 3.29. The van der Waals surface area contributed by atoms with Crippen LogP contribution in [-0.4, -0.2) is 12.6 Å². The van der Waals surface area contributed by atoms with Crippen LogP contribution in [0.4, 0.5) is 4.39 Å². The van der Waals surface area contributed by atoms with Crippen LogP contribution in [0.2, 0.25) is 0 Å². The fourth-order valence-corrected chi connectivity index (χ4v) is 1.95. The van der Waals surface area contributed by atoms with Gasteiger partial charge in [-0.3, -0.25) is 0 Å². The molecule has 0 aliphatic rings. The van der Waals surface area contributed by atoms with Gasteiger partial charge in [-0.2, -0.15) is 0 Å². The minimum absolute atomic E-state index is 0.246. The van der Waals surface area contributed by atoms with Crippen LogP contribution in [0.3, 0.4) is 0 Å². The van der Waals surface area contributed by atoms with Crippen molar-refractivity contribution >= 4 is 5.97 Å². The molecule has 0 spiro atoms. The summed E-state index contributed by atoms with van der Waals surface area (Å²) >= 11 is 0. The lowest BCUT2D eigenvalue weighted by molar-refractivity contribution is 0.0526. The normalized spacial score (nSPS) is 10.3. The summed E-state index contributed by atoms with van der Waals surface area (Å²) in [7, 11) is 0. The number of halogens is 1. The van der Waals surface area contributed by atoms with Gasteiger partial charge in [0, 0.05) is 0 Å². The van der Waals surface area contributed by atoms with Gasteiger partial charge < -0.3 is 4.74 Å². The summed E-state index contributed by atoms with van der Waals surface area (Å²) in [4.78, 5) is 11.5. The maximum atomic E-state index is 13.1. The predicted molar refractivity (Wildman–Crippen MR) is 72.5 cm³/mol. The highest BCUT2D eigenvalue weighted by atomic mass is 19.1. The van der Waals surface area contributed by atoms with Gasteiger partial charge in [-0.05, 0) is 54.8 Å². The Labute approximate surface area is 111 Å². The van der Waals surface area contributed by atoms with E-state index < -0.39 is 0 Å². The van der Waals surface area contributed by atoms with E-state index in [-0.39, 0.29) is 11.8 Å². The largest absolute Gasteiger partial charge is 0.462 e. The van der Waals surface area contributed by atoms with E-state index in [0.29, 0.717) is 12.2 Å². The fourth-order valence-electron chi connectivity index (χ4n) is 1.95. The predicted octanol–water partition coefficient (Wildman–Crippen LogP) is 3.98. The molecule has 0 saturated heterocycles. The maximum absolute atomic E-state index is 13.1. The number of esters is 1. The van der Waals surface area contributed by atoms with Crippen LogP contribution in [0, 0.1) is 12.7 Å². The van der Waals surface area contributed by atoms with Gasteiger partial charge in [0.1, 0.15) is 5.82 Å². The van der Waals surface area contributed by atoms with Crippen LogP contribution >= 0.6 is 0 Å². The van der Waals surface area contributed by atoms with Crippen molar-refractivity contribution in [2.45, 2.75) is 13.8 Å². The molecule has 0 unspecified atom stereocenters. The highest BCUT2D eigenvalue weighted by Crippen LogP contribution is 2.24. The third kappa shape index (κ3) is 2.99. The standard InChI is InChI=1S/C16H15FO2/c1-3-19-16(18)13-6-4-12(5-7-13)15-9-8-14(17)10-11(15)2/h4-10H,3H2,1-2H3. The average Bonchev–Trinajstić information content (AvgIpc) is 2.39. The molecule has 0 aromatic heterocycles. The number of aryl methyl sites for hydroxylation is 1. The Bertz CT molecular complexity index is 588. The van der Waals surface area contributed by atoms with Crippen molar-refractivity contribution in [1.29, 1.82) is 0 Å². The molecule has 0 N–H and O–H groups in total. The van der Waals surface area contributed by atoms with Gasteiger partial charge in [-0.15, -0.1) is 0 Å². The van der Waals surface area contributed by atoms with Crippen molar-refractivity contribution < 1.29 is 13.9 Å². The fraction of sp³-hybridized carbons (Fsp3) is 0.188. The highest BCUT2D eigenvalue weighted by Gasteiger charge is 2.07. The van der Waals surface area contributed by atoms with E-state index >= 15 is 0 Å². The van der Waals surface area contributed by atoms with Gasteiger partial charge in [0.25, 0.3) is 0 Å². The van der Waals surface area contributed by atoms with Crippen molar-refractivity contribution in [2.24, 2.45) is 0 Å². The van der Waals surface area contributed by atoms with E-state index in [2.05, 4.69) is 0 Å². The zero-order valence-corrected chi connectivity index (χ0v) is 10.9. The Hall–Kier alpha value is -2.16. The van der Waals surface area contributed by atoms with Gasteiger partial charge in [0.2, 0.25) is 0 Å². The topological polar surface area (TPSA) is 26.3 Å². The summed E-state index contributed by atoms with van der Waals surface area (Å²) in [5.74, 6) is -0.575. The summed E-state index contributed by atoms with van der Waals surface area (Å²) in [6.07, 6.45) is 0. The lowest BCUT2D eigenvalue weighted by Gasteiger charge is -2.07. The van der Waals surface area contributed by atoms with E-state index in [1.807, 2.05) is 19.1 Å². The molecule has 98 valence electrons. The Morgan fingerprint density at radius 3 is 2.42 bits per heavy atom. The van der Waals surface area contributed by atoms with Crippen molar-refractivity contribution in [1.82, 2.24) is 0 Å². The minimum atomic E-state index is -0.329. The molecular weight excluding hydrogens is 243 g/mol. The highest BCUT2D eigenvalue weighted by molar-refractivity contribution is 5.90. The first-order valence-corrected chi connectivity index (χ1v) is 6.15. The lowest BCUT2D eigenvalue weighted by Crippen LogP contribution is -2.04. The Kier molecular flexibility index (Phi) is 3.95. The third-order valence-corrected chi connectivity index (χ3v) is 2.90. The van der Waals surface area contributed by atoms with Gasteiger partial charge in [0.15, 0.2) is 0 Å². The quantitative estimate of drug-likeness (QED) is 0.778. The lowest BCUT2D eigenvalue weighted by atomic mass is 9.99. The second kappa shape index (κ2) is 5.65. The van der Waals surface area contributed by atoms with Crippen LogP contribution in [0.25, 0.3) is 11.1 Å². The van der Waals surface area contributed by atoms with Crippen LogP contribution in [-0.2, 0) is 4.74 Å². The first kappa shape index (κ1) is 13.3. The third-order valence-electron chi connectivity index (χ3n) is 2.90. The molecule has 0 fully saturated rings. The molecule has 19 heavy (non-hydrogen) atoms. The molecule has 0 atom stereocenters. The number of benzene rings is 2. The smallest absolute Gasteiger partial charge is 0.338 e. The Morgan fingerprint density at radius 1 is 1.16 bits per heavy atom.